The van der Waals surface area contributed by atoms with Gasteiger partial charge in [0.05, 0.1) is 13.2 Å². The molecular weight excluding hydrogens is 945 g/mol. The topological polar surface area (TPSA) is 265 Å². The van der Waals surface area contributed by atoms with Crippen LogP contribution in [0.1, 0.15) is 227 Å². The summed E-state index contributed by atoms with van der Waals surface area (Å²) in [5, 5.41) is 20.9. The number of anilines is 1. The summed E-state index contributed by atoms with van der Waals surface area (Å²) < 4.78 is 56.9. The molecule has 408 valence electrons. The third-order valence-corrected chi connectivity index (χ3v) is 15.1. The van der Waals surface area contributed by atoms with E-state index < -0.39 is 83.7 Å². The number of phosphoric acid groups is 2. The maximum Gasteiger partial charge on any atom is 0.481 e. The number of nitrogens with two attached hydrogens (primary N) is 1. The third-order valence-electron chi connectivity index (χ3n) is 12.5. The number of esters is 2. The Morgan fingerprint density at radius 1 is 0.643 bits per heavy atom. The van der Waals surface area contributed by atoms with Crippen LogP contribution in [0.5, 0.6) is 0 Å². The van der Waals surface area contributed by atoms with E-state index in [2.05, 4.69) is 37.0 Å². The summed E-state index contributed by atoms with van der Waals surface area (Å²) in [4.78, 5) is 62.0. The van der Waals surface area contributed by atoms with Crippen molar-refractivity contribution in [1.29, 1.82) is 0 Å². The first-order valence-corrected chi connectivity index (χ1v) is 29.8. The van der Waals surface area contributed by atoms with Gasteiger partial charge in [-0.25, -0.2) is 13.9 Å². The highest BCUT2D eigenvalue weighted by Crippen LogP contribution is 2.60. The highest BCUT2D eigenvalue weighted by molar-refractivity contribution is 7.61. The highest BCUT2D eigenvalue weighted by atomic mass is 31.3. The van der Waals surface area contributed by atoms with Crippen LogP contribution in [0.4, 0.5) is 5.82 Å². The number of aromatic nitrogens is 2. The zero-order chi connectivity index (χ0) is 51.6. The summed E-state index contributed by atoms with van der Waals surface area (Å²) in [5.41, 5.74) is 4.60. The third kappa shape index (κ3) is 31.4. The van der Waals surface area contributed by atoms with Crippen LogP contribution in [0.3, 0.4) is 0 Å². The predicted molar refractivity (Wildman–Crippen MR) is 270 cm³/mol. The minimum atomic E-state index is -5.42. The molecule has 0 aromatic carbocycles. The smallest absolute Gasteiger partial charge is 0.462 e. The van der Waals surface area contributed by atoms with E-state index in [1.807, 2.05) is 0 Å². The van der Waals surface area contributed by atoms with Crippen molar-refractivity contribution in [2.24, 2.45) is 11.8 Å². The molecule has 1 aromatic heterocycles. The summed E-state index contributed by atoms with van der Waals surface area (Å²) in [5.74, 6) is 0.294. The number of nitrogen functional groups attached to an aromatic ring is 1. The number of carbonyl (C=O) groups excluding carboxylic acids is 2. The second kappa shape index (κ2) is 37.5. The largest absolute Gasteiger partial charge is 0.481 e. The van der Waals surface area contributed by atoms with Gasteiger partial charge in [0, 0.05) is 19.0 Å². The Morgan fingerprint density at radius 2 is 1.06 bits per heavy atom. The van der Waals surface area contributed by atoms with E-state index in [9.17, 15) is 43.5 Å². The van der Waals surface area contributed by atoms with Gasteiger partial charge >= 0.3 is 33.3 Å². The molecule has 18 nitrogen and oxygen atoms in total. The summed E-state index contributed by atoms with van der Waals surface area (Å²) in [6.45, 7) is 6.82. The van der Waals surface area contributed by atoms with Gasteiger partial charge in [0.2, 0.25) is 0 Å². The van der Waals surface area contributed by atoms with E-state index in [4.69, 9.17) is 29.0 Å². The van der Waals surface area contributed by atoms with Gasteiger partial charge in [-0.1, -0.05) is 195 Å². The van der Waals surface area contributed by atoms with Crippen LogP contribution in [0.15, 0.2) is 17.1 Å². The number of unbranched alkanes of at least 4 members (excludes halogenated alkanes) is 24. The van der Waals surface area contributed by atoms with Gasteiger partial charge in [-0.3, -0.25) is 23.2 Å². The van der Waals surface area contributed by atoms with E-state index in [1.165, 1.54) is 128 Å². The summed E-state index contributed by atoms with van der Waals surface area (Å²) >= 11 is 0. The van der Waals surface area contributed by atoms with Crippen LogP contribution >= 0.6 is 15.6 Å². The van der Waals surface area contributed by atoms with Crippen molar-refractivity contribution in [3.8, 4) is 0 Å². The number of nitrogens with zero attached hydrogens (tertiary/aromatic N) is 2. The van der Waals surface area contributed by atoms with E-state index >= 15 is 0 Å². The van der Waals surface area contributed by atoms with Crippen molar-refractivity contribution in [3.05, 3.63) is 22.7 Å². The Balaban J connectivity index is 1.77. The van der Waals surface area contributed by atoms with Crippen molar-refractivity contribution >= 4 is 33.4 Å². The monoisotopic (exact) mass is 1040 g/mol. The molecule has 2 rings (SSSR count). The lowest BCUT2D eigenvalue weighted by atomic mass is 10.0. The average Bonchev–Trinajstić information content (AvgIpc) is 3.57. The number of aliphatic hydroxyl groups is 2. The zero-order valence-corrected chi connectivity index (χ0v) is 45.0. The number of carbonyl (C=O) groups is 2. The average molecular weight is 1040 g/mol. The molecule has 1 saturated heterocycles. The second-order valence-corrected chi connectivity index (χ2v) is 23.1. The molecule has 1 aliphatic rings. The molecule has 1 fully saturated rings. The first-order valence-electron chi connectivity index (χ1n) is 26.8. The van der Waals surface area contributed by atoms with Crippen LogP contribution in [0.2, 0.25) is 0 Å². The van der Waals surface area contributed by atoms with E-state index in [-0.39, 0.29) is 18.7 Å². The summed E-state index contributed by atoms with van der Waals surface area (Å²) in [7, 11) is -10.8. The molecule has 0 saturated carbocycles. The fourth-order valence-corrected chi connectivity index (χ4v) is 10.5. The lowest BCUT2D eigenvalue weighted by molar-refractivity contribution is -0.161. The van der Waals surface area contributed by atoms with Crippen molar-refractivity contribution in [3.63, 3.8) is 0 Å². The molecule has 0 radical (unpaired) electrons. The number of phosphoric ester groups is 2. The summed E-state index contributed by atoms with van der Waals surface area (Å²) in [6.07, 6.45) is 26.2. The Labute approximate surface area is 419 Å². The van der Waals surface area contributed by atoms with Crippen molar-refractivity contribution in [2.75, 3.05) is 25.6 Å². The minimum Gasteiger partial charge on any atom is -0.462 e. The maximum atomic E-state index is 12.9. The quantitative estimate of drug-likeness (QED) is 0.0231. The normalized spacial score (nSPS) is 19.3. The molecule has 70 heavy (non-hydrogen) atoms. The standard InChI is InChI=1S/C50H93N3O15P2/c1-40(2)31-27-23-19-15-11-8-6-5-7-9-13-18-22-26-30-34-46(55)66-42(37-63-45(54)33-29-25-21-17-14-10-12-16-20-24-28-32-41(3)4)38-64-69(59,60)68-70(61,62)65-39-43-47(56)48(57)49(67-43)53-36-35-44(51)52-50(53)58/h35-36,40-43,47-49,56-57H,5-34,37-39H2,1-4H3,(H,59,60)(H,61,62)(H2,51,52,58)/t42-,43-,47+,48?,49-/m1/s1. The second-order valence-electron chi connectivity index (χ2n) is 20.1. The first kappa shape index (κ1) is 63.9. The Bertz CT molecular complexity index is 1700. The van der Waals surface area contributed by atoms with E-state index in [0.29, 0.717) is 12.8 Å². The van der Waals surface area contributed by atoms with Gasteiger partial charge < -0.3 is 39.9 Å². The van der Waals surface area contributed by atoms with Crippen molar-refractivity contribution in [2.45, 2.75) is 251 Å². The Hall–Kier alpha value is -2.24. The molecule has 0 spiro atoms. The van der Waals surface area contributed by atoms with E-state index in [0.717, 1.165) is 67.8 Å². The van der Waals surface area contributed by atoms with Crippen LogP contribution in [0.25, 0.3) is 0 Å². The number of aliphatic hydroxyl groups excluding tert-OH is 2. The van der Waals surface area contributed by atoms with Gasteiger partial charge in [-0.2, -0.15) is 9.29 Å². The molecule has 20 heteroatoms. The SMILES string of the molecule is CC(C)CCCCCCCCCCCCCCCCCC(=O)O[C@H](COC(=O)CCCCCCCCCCCCCC(C)C)COP(=O)(O)OP(=O)(O)OC[C@H]1O[C@@H](n2ccc(N)nc2=O)C(O)[C@H]1O. The predicted octanol–water partition coefficient (Wildman–Crippen LogP) is 11.2. The zero-order valence-electron chi connectivity index (χ0n) is 43.2. The van der Waals surface area contributed by atoms with Gasteiger partial charge in [-0.15, -0.1) is 0 Å². The Morgan fingerprint density at radius 3 is 1.50 bits per heavy atom. The number of hydrogen-bond acceptors (Lipinski definition) is 15. The molecule has 1 aliphatic heterocycles. The van der Waals surface area contributed by atoms with E-state index in [1.54, 1.807) is 0 Å². The highest BCUT2D eigenvalue weighted by Gasteiger charge is 2.46. The molecule has 6 N–H and O–H groups in total. The number of hydrogen-bond donors (Lipinski definition) is 5. The van der Waals surface area contributed by atoms with Crippen LogP contribution in [0, 0.1) is 11.8 Å². The van der Waals surface area contributed by atoms with Gasteiger partial charge in [-0.05, 0) is 30.7 Å². The number of rotatable bonds is 44. The molecule has 3 unspecified atom stereocenters. The van der Waals surface area contributed by atoms with Crippen LogP contribution in [-0.2, 0) is 46.3 Å². The molecular formula is C50H93N3O15P2. The van der Waals surface area contributed by atoms with Gasteiger partial charge in [0.25, 0.3) is 0 Å². The molecule has 1 aromatic rings. The lowest BCUT2D eigenvalue weighted by Gasteiger charge is -2.21. The lowest BCUT2D eigenvalue weighted by Crippen LogP contribution is -2.36. The molecule has 0 amide bonds. The number of ether oxygens (including phenoxy) is 3. The van der Waals surface area contributed by atoms with Crippen molar-refractivity contribution in [1.82, 2.24) is 9.55 Å². The van der Waals surface area contributed by atoms with Crippen molar-refractivity contribution < 1.29 is 66.3 Å². The van der Waals surface area contributed by atoms with Crippen LogP contribution in [-0.4, -0.2) is 85.7 Å². The maximum absolute atomic E-state index is 12.9. The summed E-state index contributed by atoms with van der Waals surface area (Å²) in [6, 6.07) is 1.25. The van der Waals surface area contributed by atoms with Gasteiger partial charge in [0.15, 0.2) is 12.3 Å². The molecule has 0 aliphatic carbocycles. The Kier molecular flexibility index (Phi) is 34.2. The van der Waals surface area contributed by atoms with Gasteiger partial charge in [0.1, 0.15) is 30.7 Å². The minimum absolute atomic E-state index is 0.0571. The molecule has 2 heterocycles. The van der Waals surface area contributed by atoms with Crippen LogP contribution < -0.4 is 11.4 Å². The fraction of sp³-hybridized carbons (Fsp3) is 0.880. The molecule has 7 atom stereocenters. The molecule has 0 bridgehead atoms. The fourth-order valence-electron chi connectivity index (χ4n) is 8.39. The first-order chi connectivity index (χ1) is 33.4.